The summed E-state index contributed by atoms with van der Waals surface area (Å²) < 4.78 is 1.15. The third-order valence-corrected chi connectivity index (χ3v) is 5.45. The quantitative estimate of drug-likeness (QED) is 0.842. The van der Waals surface area contributed by atoms with Crippen molar-refractivity contribution < 1.29 is 5.11 Å². The highest BCUT2D eigenvalue weighted by Gasteiger charge is 2.31. The van der Waals surface area contributed by atoms with E-state index in [4.69, 9.17) is 10.8 Å². The number of nitrogens with two attached hydrogens (primary N) is 1. The molecule has 2 heterocycles. The fourth-order valence-electron chi connectivity index (χ4n) is 2.82. The third-order valence-electron chi connectivity index (χ3n) is 3.66. The molecule has 102 valence electrons. The number of thiophene rings is 1. The number of hydrogen-bond acceptors (Lipinski definition) is 4. The lowest BCUT2D eigenvalue weighted by atomic mass is 10.1. The lowest BCUT2D eigenvalue weighted by molar-refractivity contribution is 0.167. The van der Waals surface area contributed by atoms with E-state index in [0.717, 1.165) is 23.9 Å². The second-order valence-corrected chi connectivity index (χ2v) is 6.68. The van der Waals surface area contributed by atoms with E-state index in [9.17, 15) is 0 Å². The molecular formula is C13H21BrN2OS. The van der Waals surface area contributed by atoms with Gasteiger partial charge in [0.05, 0.1) is 6.04 Å². The van der Waals surface area contributed by atoms with Crippen LogP contribution in [-0.2, 0) is 0 Å². The van der Waals surface area contributed by atoms with E-state index < -0.39 is 0 Å². The second-order valence-electron chi connectivity index (χ2n) is 4.82. The van der Waals surface area contributed by atoms with Gasteiger partial charge in [-0.05, 0) is 54.2 Å². The Morgan fingerprint density at radius 1 is 1.61 bits per heavy atom. The number of hydrogen-bond donors (Lipinski definition) is 2. The molecule has 1 fully saturated rings. The first-order chi connectivity index (χ1) is 8.76. The van der Waals surface area contributed by atoms with Crippen LogP contribution >= 0.6 is 27.3 Å². The molecule has 0 aliphatic carbocycles. The fourth-order valence-corrected chi connectivity index (χ4v) is 4.40. The molecule has 0 bridgehead atoms. The molecule has 0 spiro atoms. The number of likely N-dealkylation sites (tertiary alicyclic amines) is 1. The highest BCUT2D eigenvalue weighted by Crippen LogP contribution is 2.34. The minimum Gasteiger partial charge on any atom is -0.396 e. The summed E-state index contributed by atoms with van der Waals surface area (Å²) in [5.74, 6) is 0. The zero-order valence-corrected chi connectivity index (χ0v) is 12.9. The topological polar surface area (TPSA) is 49.5 Å². The highest BCUT2D eigenvalue weighted by atomic mass is 79.9. The van der Waals surface area contributed by atoms with E-state index in [1.165, 1.54) is 17.7 Å². The van der Waals surface area contributed by atoms with Crippen molar-refractivity contribution in [2.75, 3.05) is 19.7 Å². The molecule has 3 N–H and O–H groups in total. The predicted octanol–water partition coefficient (Wildman–Crippen LogP) is 2.75. The SMILES string of the molecule is NCC(c1cc(Br)cs1)N1CCCC1CCCO. The zero-order valence-electron chi connectivity index (χ0n) is 10.5. The molecule has 0 saturated carbocycles. The highest BCUT2D eigenvalue weighted by molar-refractivity contribution is 9.10. The van der Waals surface area contributed by atoms with Gasteiger partial charge in [0, 0.05) is 33.9 Å². The van der Waals surface area contributed by atoms with E-state index in [1.807, 2.05) is 0 Å². The predicted molar refractivity (Wildman–Crippen MR) is 79.9 cm³/mol. The summed E-state index contributed by atoms with van der Waals surface area (Å²) in [6.07, 6.45) is 4.47. The van der Waals surface area contributed by atoms with Gasteiger partial charge in [-0.2, -0.15) is 0 Å². The molecule has 1 aromatic rings. The van der Waals surface area contributed by atoms with Gasteiger partial charge in [-0.3, -0.25) is 4.90 Å². The molecule has 1 aliphatic rings. The molecule has 18 heavy (non-hydrogen) atoms. The molecule has 1 aromatic heterocycles. The lowest BCUT2D eigenvalue weighted by Gasteiger charge is -2.31. The first kappa shape index (κ1) is 14.5. The Hall–Kier alpha value is 0.0600. The maximum Gasteiger partial charge on any atom is 0.0567 e. The summed E-state index contributed by atoms with van der Waals surface area (Å²) in [5.41, 5.74) is 5.99. The van der Waals surface area contributed by atoms with Crippen LogP contribution in [-0.4, -0.2) is 35.7 Å². The maximum absolute atomic E-state index is 8.98. The van der Waals surface area contributed by atoms with Crippen molar-refractivity contribution in [1.82, 2.24) is 4.90 Å². The smallest absolute Gasteiger partial charge is 0.0567 e. The summed E-state index contributed by atoms with van der Waals surface area (Å²) in [5, 5.41) is 11.1. The average molecular weight is 333 g/mol. The molecule has 5 heteroatoms. The van der Waals surface area contributed by atoms with E-state index in [1.54, 1.807) is 11.3 Å². The molecule has 2 rings (SSSR count). The van der Waals surface area contributed by atoms with Gasteiger partial charge < -0.3 is 10.8 Å². The zero-order chi connectivity index (χ0) is 13.0. The fraction of sp³-hybridized carbons (Fsp3) is 0.692. The van der Waals surface area contributed by atoms with Gasteiger partial charge in [0.2, 0.25) is 0 Å². The van der Waals surface area contributed by atoms with Crippen LogP contribution in [0.25, 0.3) is 0 Å². The summed E-state index contributed by atoms with van der Waals surface area (Å²) in [7, 11) is 0. The molecule has 3 nitrogen and oxygen atoms in total. The third kappa shape index (κ3) is 3.33. The van der Waals surface area contributed by atoms with Crippen LogP contribution in [0.15, 0.2) is 15.9 Å². The van der Waals surface area contributed by atoms with Crippen molar-refractivity contribution in [1.29, 1.82) is 0 Å². The second kappa shape index (κ2) is 7.01. The number of aliphatic hydroxyl groups excluding tert-OH is 1. The van der Waals surface area contributed by atoms with Crippen LogP contribution in [0.4, 0.5) is 0 Å². The normalized spacial score (nSPS) is 22.5. The van der Waals surface area contributed by atoms with Crippen LogP contribution in [0.2, 0.25) is 0 Å². The summed E-state index contributed by atoms with van der Waals surface area (Å²) in [6.45, 7) is 2.10. The minimum atomic E-state index is 0.294. The maximum atomic E-state index is 8.98. The molecule has 1 aliphatic heterocycles. The van der Waals surface area contributed by atoms with Crippen LogP contribution in [0, 0.1) is 0 Å². The van der Waals surface area contributed by atoms with Gasteiger partial charge in [0.25, 0.3) is 0 Å². The van der Waals surface area contributed by atoms with Gasteiger partial charge in [-0.25, -0.2) is 0 Å². The van der Waals surface area contributed by atoms with Crippen LogP contribution in [0.1, 0.15) is 36.6 Å². The number of nitrogens with zero attached hydrogens (tertiary/aromatic N) is 1. The monoisotopic (exact) mass is 332 g/mol. The molecule has 1 saturated heterocycles. The van der Waals surface area contributed by atoms with E-state index in [-0.39, 0.29) is 0 Å². The van der Waals surface area contributed by atoms with Gasteiger partial charge >= 0.3 is 0 Å². The Labute approximate surface area is 121 Å². The van der Waals surface area contributed by atoms with Gasteiger partial charge in [0.1, 0.15) is 0 Å². The standard InChI is InChI=1S/C13H21BrN2OS/c14-10-7-13(18-9-10)12(8-15)16-5-1-3-11(16)4-2-6-17/h7,9,11-12,17H,1-6,8,15H2. The van der Waals surface area contributed by atoms with Crippen molar-refractivity contribution in [3.63, 3.8) is 0 Å². The largest absolute Gasteiger partial charge is 0.396 e. The van der Waals surface area contributed by atoms with Gasteiger partial charge in [0.15, 0.2) is 0 Å². The Morgan fingerprint density at radius 3 is 3.06 bits per heavy atom. The van der Waals surface area contributed by atoms with E-state index in [2.05, 4.69) is 32.3 Å². The summed E-state index contributed by atoms with van der Waals surface area (Å²) >= 11 is 5.29. The Kier molecular flexibility index (Phi) is 5.63. The Bertz CT molecular complexity index is 372. The first-order valence-corrected chi connectivity index (χ1v) is 8.24. The van der Waals surface area contributed by atoms with Crippen molar-refractivity contribution in [2.24, 2.45) is 5.73 Å². The average Bonchev–Trinajstić information content (AvgIpc) is 2.98. The van der Waals surface area contributed by atoms with Crippen molar-refractivity contribution in [3.8, 4) is 0 Å². The van der Waals surface area contributed by atoms with Crippen LogP contribution in [0.5, 0.6) is 0 Å². The van der Waals surface area contributed by atoms with Gasteiger partial charge in [-0.15, -0.1) is 11.3 Å². The Balaban J connectivity index is 2.06. The Morgan fingerprint density at radius 2 is 2.44 bits per heavy atom. The van der Waals surface area contributed by atoms with Gasteiger partial charge in [-0.1, -0.05) is 0 Å². The van der Waals surface area contributed by atoms with Crippen molar-refractivity contribution in [3.05, 3.63) is 20.8 Å². The number of aliphatic hydroxyl groups is 1. The minimum absolute atomic E-state index is 0.294. The molecule has 0 radical (unpaired) electrons. The molecule has 0 aromatic carbocycles. The summed E-state index contributed by atoms with van der Waals surface area (Å²) in [4.78, 5) is 3.88. The van der Waals surface area contributed by atoms with Crippen molar-refractivity contribution >= 4 is 27.3 Å². The number of halogens is 1. The first-order valence-electron chi connectivity index (χ1n) is 6.57. The molecular weight excluding hydrogens is 312 g/mol. The summed E-state index contributed by atoms with van der Waals surface area (Å²) in [6, 6.07) is 3.11. The van der Waals surface area contributed by atoms with Crippen LogP contribution < -0.4 is 5.73 Å². The van der Waals surface area contributed by atoms with E-state index in [0.29, 0.717) is 25.2 Å². The van der Waals surface area contributed by atoms with E-state index >= 15 is 0 Å². The molecule has 2 unspecified atom stereocenters. The lowest BCUT2D eigenvalue weighted by Crippen LogP contribution is -2.37. The van der Waals surface area contributed by atoms with Crippen LogP contribution in [0.3, 0.4) is 0 Å². The number of rotatable bonds is 6. The van der Waals surface area contributed by atoms with Crippen molar-refractivity contribution in [2.45, 2.75) is 37.8 Å². The molecule has 0 amide bonds. The molecule has 2 atom stereocenters.